The van der Waals surface area contributed by atoms with E-state index >= 15 is 0 Å². The molecule has 0 amide bonds. The molecule has 1 fully saturated rings. The van der Waals surface area contributed by atoms with Crippen LogP contribution in [0.2, 0.25) is 0 Å². The molecule has 0 spiro atoms. The van der Waals surface area contributed by atoms with Crippen LogP contribution < -0.4 is 0 Å². The summed E-state index contributed by atoms with van der Waals surface area (Å²) < 4.78 is 27.9. The van der Waals surface area contributed by atoms with E-state index in [1.807, 2.05) is 36.4 Å². The van der Waals surface area contributed by atoms with Crippen LogP contribution in [0.5, 0.6) is 0 Å². The molecule has 2 aromatic carbocycles. The minimum atomic E-state index is -1.33. The predicted octanol–water partition coefficient (Wildman–Crippen LogP) is 11.5. The molecule has 1 saturated heterocycles. The molecule has 3 heteroatoms. The molecule has 43 heavy (non-hydrogen) atoms. The summed E-state index contributed by atoms with van der Waals surface area (Å²) in [6, 6.07) is 14.7. The number of piperidine rings is 1. The van der Waals surface area contributed by atoms with Crippen molar-refractivity contribution in [3.05, 3.63) is 128 Å². The van der Waals surface area contributed by atoms with Gasteiger partial charge in [-0.15, -0.1) is 0 Å². The van der Waals surface area contributed by atoms with Gasteiger partial charge in [-0.05, 0) is 156 Å². The molecule has 1 heterocycles. The van der Waals surface area contributed by atoms with Crippen LogP contribution in [0, 0.1) is 11.7 Å². The third kappa shape index (κ3) is 7.55. The van der Waals surface area contributed by atoms with Crippen molar-refractivity contribution in [2.45, 2.75) is 87.2 Å². The van der Waals surface area contributed by atoms with E-state index in [4.69, 9.17) is 0 Å². The van der Waals surface area contributed by atoms with E-state index < -0.39 is 5.67 Å². The second kappa shape index (κ2) is 13.5. The van der Waals surface area contributed by atoms with Crippen LogP contribution in [-0.2, 0) is 5.67 Å². The molecule has 2 aromatic rings. The number of rotatable bonds is 7. The largest absolute Gasteiger partial charge is 0.371 e. The highest BCUT2D eigenvalue weighted by Gasteiger charge is 2.26. The van der Waals surface area contributed by atoms with Crippen molar-refractivity contribution in [3.63, 3.8) is 0 Å². The number of hydrogen-bond donors (Lipinski definition) is 0. The number of alkyl halides is 1. The smallest absolute Gasteiger partial charge is 0.130 e. The van der Waals surface area contributed by atoms with Gasteiger partial charge in [-0.3, -0.25) is 0 Å². The summed E-state index contributed by atoms with van der Waals surface area (Å²) in [5.74, 6) is 0.336. The molecule has 1 aliphatic heterocycles. The van der Waals surface area contributed by atoms with E-state index in [9.17, 15) is 8.78 Å². The maximum absolute atomic E-state index is 14.4. The molecular weight excluding hydrogens is 532 g/mol. The van der Waals surface area contributed by atoms with Crippen LogP contribution in [0.15, 0.2) is 106 Å². The molecule has 0 radical (unpaired) electrons. The van der Waals surface area contributed by atoms with Gasteiger partial charge in [-0.2, -0.15) is 0 Å². The molecule has 0 aromatic heterocycles. The minimum absolute atomic E-state index is 0.207. The van der Waals surface area contributed by atoms with Gasteiger partial charge in [0, 0.05) is 18.8 Å². The fourth-order valence-corrected chi connectivity index (χ4v) is 6.39. The van der Waals surface area contributed by atoms with Gasteiger partial charge in [0.05, 0.1) is 0 Å². The Bertz CT molecular complexity index is 1510. The summed E-state index contributed by atoms with van der Waals surface area (Å²) in [6.45, 7) is 20.8. The Morgan fingerprint density at radius 1 is 0.837 bits per heavy atom. The second-order valence-corrected chi connectivity index (χ2v) is 13.0. The van der Waals surface area contributed by atoms with Crippen molar-refractivity contribution in [2.75, 3.05) is 13.1 Å². The maximum Gasteiger partial charge on any atom is 0.130 e. The zero-order valence-electron chi connectivity index (χ0n) is 27.7. The first-order valence-electron chi connectivity index (χ1n) is 15.7. The number of likely N-dealkylation sites (tertiary alicyclic amines) is 1. The van der Waals surface area contributed by atoms with Crippen molar-refractivity contribution >= 4 is 11.1 Å². The lowest BCUT2D eigenvalue weighted by Crippen LogP contribution is -2.34. The molecule has 0 atom stereocenters. The zero-order chi connectivity index (χ0) is 31.5. The summed E-state index contributed by atoms with van der Waals surface area (Å²) in [7, 11) is 0. The molecular formula is C40H49F2N. The Labute approximate surface area is 259 Å². The summed E-state index contributed by atoms with van der Waals surface area (Å²) in [5.41, 5.74) is 13.4. The van der Waals surface area contributed by atoms with Crippen LogP contribution in [0.1, 0.15) is 98.3 Å². The first-order valence-corrected chi connectivity index (χ1v) is 15.7. The molecule has 1 aliphatic carbocycles. The van der Waals surface area contributed by atoms with Gasteiger partial charge in [0.25, 0.3) is 0 Å². The molecule has 228 valence electrons. The normalized spacial score (nSPS) is 18.6. The van der Waals surface area contributed by atoms with Crippen molar-refractivity contribution in [2.24, 2.45) is 5.92 Å². The number of allylic oxidation sites excluding steroid dienone is 10. The van der Waals surface area contributed by atoms with Crippen LogP contribution >= 0.6 is 0 Å². The van der Waals surface area contributed by atoms with Gasteiger partial charge in [0.2, 0.25) is 0 Å². The van der Waals surface area contributed by atoms with E-state index in [0.717, 1.165) is 49.1 Å². The van der Waals surface area contributed by atoms with Crippen LogP contribution in [-0.4, -0.2) is 18.0 Å². The quantitative estimate of drug-likeness (QED) is 0.294. The first kappa shape index (κ1) is 32.5. The van der Waals surface area contributed by atoms with Gasteiger partial charge >= 0.3 is 0 Å². The molecule has 1 nitrogen and oxygen atoms in total. The van der Waals surface area contributed by atoms with E-state index in [0.29, 0.717) is 11.5 Å². The predicted molar refractivity (Wildman–Crippen MR) is 181 cm³/mol. The number of halogens is 2. The lowest BCUT2D eigenvalue weighted by Gasteiger charge is -2.37. The highest BCUT2D eigenvalue weighted by atomic mass is 19.1. The number of hydrogen-bond acceptors (Lipinski definition) is 1. The Morgan fingerprint density at radius 2 is 1.42 bits per heavy atom. The fraction of sp³-hybridized carbons (Fsp3) is 0.400. The van der Waals surface area contributed by atoms with E-state index in [1.165, 1.54) is 56.8 Å². The average Bonchev–Trinajstić information content (AvgIpc) is 3.12. The highest BCUT2D eigenvalue weighted by Crippen LogP contribution is 2.37. The van der Waals surface area contributed by atoms with Gasteiger partial charge in [0.1, 0.15) is 11.5 Å². The third-order valence-corrected chi connectivity index (χ3v) is 9.69. The fourth-order valence-electron chi connectivity index (χ4n) is 6.39. The lowest BCUT2D eigenvalue weighted by atomic mass is 9.84. The Hall–Kier alpha value is -3.46. The SMILES string of the molecule is CC1=C(N2CCC(/C(C)=C(C)/C(C)=C(\C)c3ccc(C(C)(C)F)cc3)CC2)C(/C=C(\C)c2ccc(F)cc2)=C(C)CC=C1. The van der Waals surface area contributed by atoms with Crippen molar-refractivity contribution in [1.82, 2.24) is 4.90 Å². The summed E-state index contributed by atoms with van der Waals surface area (Å²) >= 11 is 0. The van der Waals surface area contributed by atoms with Gasteiger partial charge in [0.15, 0.2) is 0 Å². The van der Waals surface area contributed by atoms with Crippen molar-refractivity contribution in [3.8, 4) is 0 Å². The maximum atomic E-state index is 14.4. The first-order chi connectivity index (χ1) is 20.3. The van der Waals surface area contributed by atoms with E-state index in [1.54, 1.807) is 13.8 Å². The standard InChI is InChI=1S/C40H49F2N/c1-26-11-10-12-27(2)39(38(26)25-28(3)33-15-19-37(41)20-16-33)43-23-21-35(22-24-43)32(7)30(5)29(4)31(6)34-13-17-36(18-14-34)40(8,9)42/h10,12-20,25,35H,11,21-24H2,1-9H3/b28-25+,31-29+,32-30+. The molecule has 0 saturated carbocycles. The summed E-state index contributed by atoms with van der Waals surface area (Å²) in [6.07, 6.45) is 10.00. The molecule has 0 unspecified atom stereocenters. The van der Waals surface area contributed by atoms with Gasteiger partial charge in [-0.1, -0.05) is 59.7 Å². The second-order valence-electron chi connectivity index (χ2n) is 13.0. The molecule has 0 N–H and O–H groups in total. The minimum Gasteiger partial charge on any atom is -0.371 e. The molecule has 0 bridgehead atoms. The highest BCUT2D eigenvalue weighted by molar-refractivity contribution is 5.71. The van der Waals surface area contributed by atoms with Crippen molar-refractivity contribution in [1.29, 1.82) is 0 Å². The zero-order valence-corrected chi connectivity index (χ0v) is 27.7. The number of benzene rings is 2. The van der Waals surface area contributed by atoms with Crippen LogP contribution in [0.3, 0.4) is 0 Å². The number of nitrogens with zero attached hydrogens (tertiary/aromatic N) is 1. The monoisotopic (exact) mass is 581 g/mol. The summed E-state index contributed by atoms with van der Waals surface area (Å²) in [5, 5.41) is 0. The molecule has 4 rings (SSSR count). The summed E-state index contributed by atoms with van der Waals surface area (Å²) in [4.78, 5) is 2.58. The van der Waals surface area contributed by atoms with Gasteiger partial charge in [-0.25, -0.2) is 8.78 Å². The van der Waals surface area contributed by atoms with Crippen molar-refractivity contribution < 1.29 is 8.78 Å². The van der Waals surface area contributed by atoms with E-state index in [2.05, 4.69) is 71.6 Å². The lowest BCUT2D eigenvalue weighted by molar-refractivity contribution is 0.221. The Kier molecular flexibility index (Phi) is 10.2. The van der Waals surface area contributed by atoms with Crippen LogP contribution in [0.4, 0.5) is 8.78 Å². The third-order valence-electron chi connectivity index (χ3n) is 9.69. The Morgan fingerprint density at radius 3 is 2.00 bits per heavy atom. The van der Waals surface area contributed by atoms with Gasteiger partial charge < -0.3 is 4.90 Å². The van der Waals surface area contributed by atoms with E-state index in [-0.39, 0.29) is 5.82 Å². The molecule has 2 aliphatic rings. The Balaban J connectivity index is 1.54. The average molecular weight is 582 g/mol. The van der Waals surface area contributed by atoms with Crippen LogP contribution in [0.25, 0.3) is 11.1 Å². The topological polar surface area (TPSA) is 3.24 Å².